The van der Waals surface area contributed by atoms with Crippen LogP contribution < -0.4 is 5.73 Å². The van der Waals surface area contributed by atoms with Crippen LogP contribution in [0.4, 0.5) is 5.82 Å². The molecule has 0 radical (unpaired) electrons. The Hall–Kier alpha value is -3.60. The van der Waals surface area contributed by atoms with Crippen molar-refractivity contribution in [3.8, 4) is 17.3 Å². The number of hydrogen-bond acceptors (Lipinski definition) is 5. The van der Waals surface area contributed by atoms with Crippen LogP contribution in [0.15, 0.2) is 54.7 Å². The van der Waals surface area contributed by atoms with Crippen LogP contribution in [0.2, 0.25) is 0 Å². The van der Waals surface area contributed by atoms with E-state index in [-0.39, 0.29) is 5.82 Å². The van der Waals surface area contributed by atoms with E-state index in [1.807, 2.05) is 6.07 Å². The third kappa shape index (κ3) is 3.91. The molecule has 3 N–H and O–H groups in total. The van der Waals surface area contributed by atoms with E-state index in [0.717, 1.165) is 55.9 Å². The lowest BCUT2D eigenvalue weighted by Gasteiger charge is -2.26. The number of anilines is 1. The molecule has 1 fully saturated rings. The number of nitrogen functional groups attached to an aromatic ring is 1. The minimum absolute atomic E-state index is 0.227. The molecular weight excluding hydrogens is 388 g/mol. The van der Waals surface area contributed by atoms with E-state index in [1.54, 1.807) is 0 Å². The van der Waals surface area contributed by atoms with Gasteiger partial charge in [-0.1, -0.05) is 36.4 Å². The number of fused-ring (bicyclic) bond motifs is 1. The largest absolute Gasteiger partial charge is 0.381 e. The lowest BCUT2D eigenvalue weighted by molar-refractivity contribution is 0.0342. The Kier molecular flexibility index (Phi) is 5.16. The summed E-state index contributed by atoms with van der Waals surface area (Å²) in [6.45, 7) is 5.38. The Balaban J connectivity index is 1.37. The highest BCUT2D eigenvalue weighted by Gasteiger charge is 2.14. The molecule has 7 nitrogen and oxygen atoms in total. The minimum Gasteiger partial charge on any atom is -0.381 e. The van der Waals surface area contributed by atoms with Gasteiger partial charge in [0.1, 0.15) is 11.6 Å². The standard InChI is InChI=1S/C24H24N6O/c25-14-21-23(27-28-24(21)26)20-6-5-19-7-8-30(22(19)13-20)16-18-3-1-17(2-4-18)15-29-9-11-31-12-10-29/h1-8,13H,9-12,15-16H2,(H3,26,27,28). The monoisotopic (exact) mass is 412 g/mol. The summed E-state index contributed by atoms with van der Waals surface area (Å²) in [5, 5.41) is 17.4. The fourth-order valence-electron chi connectivity index (χ4n) is 4.12. The molecule has 0 aliphatic carbocycles. The maximum absolute atomic E-state index is 9.39. The highest BCUT2D eigenvalue weighted by Crippen LogP contribution is 2.28. The summed E-state index contributed by atoms with van der Waals surface area (Å²) < 4.78 is 7.65. The first kappa shape index (κ1) is 19.4. The average molecular weight is 412 g/mol. The molecule has 5 rings (SSSR count). The van der Waals surface area contributed by atoms with Gasteiger partial charge in [-0.2, -0.15) is 10.4 Å². The Morgan fingerprint density at radius 3 is 2.52 bits per heavy atom. The van der Waals surface area contributed by atoms with Crippen LogP contribution in [0.1, 0.15) is 16.7 Å². The Morgan fingerprint density at radius 1 is 1.03 bits per heavy atom. The molecule has 0 spiro atoms. The van der Waals surface area contributed by atoms with Gasteiger partial charge in [0.25, 0.3) is 0 Å². The minimum atomic E-state index is 0.227. The number of H-pyrrole nitrogens is 1. The van der Waals surface area contributed by atoms with Gasteiger partial charge < -0.3 is 15.0 Å². The van der Waals surface area contributed by atoms with Crippen LogP contribution in [0.5, 0.6) is 0 Å². The number of nitrogens with two attached hydrogens (primary N) is 1. The predicted molar refractivity (Wildman–Crippen MR) is 120 cm³/mol. The molecule has 7 heteroatoms. The second kappa shape index (κ2) is 8.26. The van der Waals surface area contributed by atoms with Gasteiger partial charge in [0.15, 0.2) is 5.82 Å². The molecule has 0 bridgehead atoms. The highest BCUT2D eigenvalue weighted by molar-refractivity contribution is 5.86. The number of rotatable bonds is 5. The van der Waals surface area contributed by atoms with E-state index < -0.39 is 0 Å². The van der Waals surface area contributed by atoms with Crippen LogP contribution in [0.25, 0.3) is 22.2 Å². The highest BCUT2D eigenvalue weighted by atomic mass is 16.5. The van der Waals surface area contributed by atoms with Gasteiger partial charge in [-0.3, -0.25) is 10.00 Å². The molecular formula is C24H24N6O. The van der Waals surface area contributed by atoms with Crippen molar-refractivity contribution >= 4 is 16.7 Å². The third-order valence-corrected chi connectivity index (χ3v) is 5.85. The van der Waals surface area contributed by atoms with E-state index >= 15 is 0 Å². The number of morpholine rings is 1. The van der Waals surface area contributed by atoms with Gasteiger partial charge >= 0.3 is 0 Å². The maximum atomic E-state index is 9.39. The summed E-state index contributed by atoms with van der Waals surface area (Å²) in [6, 6.07) is 19.2. The third-order valence-electron chi connectivity index (χ3n) is 5.85. The number of aromatic amines is 1. The van der Waals surface area contributed by atoms with E-state index in [2.05, 4.69) is 74.4 Å². The number of ether oxygens (including phenoxy) is 1. The first-order valence-electron chi connectivity index (χ1n) is 10.4. The zero-order valence-electron chi connectivity index (χ0n) is 17.2. The number of nitrogens with zero attached hydrogens (tertiary/aromatic N) is 4. The van der Waals surface area contributed by atoms with Gasteiger partial charge in [0.2, 0.25) is 0 Å². The molecule has 156 valence electrons. The van der Waals surface area contributed by atoms with Gasteiger partial charge in [-0.05, 0) is 28.6 Å². The van der Waals surface area contributed by atoms with Crippen LogP contribution in [-0.2, 0) is 17.8 Å². The Labute approximate surface area is 180 Å². The Morgan fingerprint density at radius 2 is 1.77 bits per heavy atom. The van der Waals surface area contributed by atoms with Crippen molar-refractivity contribution in [3.63, 3.8) is 0 Å². The van der Waals surface area contributed by atoms with E-state index in [9.17, 15) is 5.26 Å². The predicted octanol–water partition coefficient (Wildman–Crippen LogP) is 3.37. The smallest absolute Gasteiger partial charge is 0.163 e. The first-order chi connectivity index (χ1) is 15.2. The summed E-state index contributed by atoms with van der Waals surface area (Å²) in [4.78, 5) is 2.43. The normalized spacial score (nSPS) is 14.7. The van der Waals surface area contributed by atoms with Gasteiger partial charge in [-0.25, -0.2) is 0 Å². The Bertz CT molecular complexity index is 1240. The zero-order valence-corrected chi connectivity index (χ0v) is 17.2. The lowest BCUT2D eigenvalue weighted by Crippen LogP contribution is -2.35. The molecule has 3 heterocycles. The lowest BCUT2D eigenvalue weighted by atomic mass is 10.1. The van der Waals surface area contributed by atoms with Crippen LogP contribution in [0, 0.1) is 11.3 Å². The van der Waals surface area contributed by atoms with E-state index in [4.69, 9.17) is 10.5 Å². The van der Waals surface area contributed by atoms with Crippen molar-refractivity contribution in [2.45, 2.75) is 13.1 Å². The van der Waals surface area contributed by atoms with Crippen molar-refractivity contribution in [2.75, 3.05) is 32.0 Å². The van der Waals surface area contributed by atoms with Crippen molar-refractivity contribution in [2.24, 2.45) is 0 Å². The fraction of sp³-hybridized carbons (Fsp3) is 0.250. The zero-order chi connectivity index (χ0) is 21.2. The maximum Gasteiger partial charge on any atom is 0.163 e. The molecule has 0 saturated carbocycles. The van der Waals surface area contributed by atoms with Crippen LogP contribution in [0.3, 0.4) is 0 Å². The van der Waals surface area contributed by atoms with Crippen molar-refractivity contribution in [1.82, 2.24) is 19.7 Å². The molecule has 0 unspecified atom stereocenters. The molecule has 1 saturated heterocycles. The van der Waals surface area contributed by atoms with E-state index in [1.165, 1.54) is 11.1 Å². The van der Waals surface area contributed by atoms with Crippen LogP contribution >= 0.6 is 0 Å². The van der Waals surface area contributed by atoms with Crippen LogP contribution in [-0.4, -0.2) is 46.0 Å². The molecule has 0 atom stereocenters. The van der Waals surface area contributed by atoms with Gasteiger partial charge in [0, 0.05) is 43.5 Å². The molecule has 4 aromatic rings. The molecule has 2 aromatic carbocycles. The van der Waals surface area contributed by atoms with Gasteiger partial charge in [0.05, 0.1) is 18.9 Å². The molecule has 1 aliphatic heterocycles. The second-order valence-corrected chi connectivity index (χ2v) is 7.89. The summed E-state index contributed by atoms with van der Waals surface area (Å²) in [6.07, 6.45) is 2.10. The molecule has 1 aliphatic rings. The second-order valence-electron chi connectivity index (χ2n) is 7.89. The molecule has 0 amide bonds. The van der Waals surface area contributed by atoms with Crippen molar-refractivity contribution < 1.29 is 4.74 Å². The quantitative estimate of drug-likeness (QED) is 0.524. The van der Waals surface area contributed by atoms with E-state index in [0.29, 0.717) is 11.3 Å². The average Bonchev–Trinajstić information content (AvgIpc) is 3.38. The summed E-state index contributed by atoms with van der Waals surface area (Å²) >= 11 is 0. The number of aromatic nitrogens is 3. The fourth-order valence-corrected chi connectivity index (χ4v) is 4.12. The summed E-state index contributed by atoms with van der Waals surface area (Å²) in [7, 11) is 0. The van der Waals surface area contributed by atoms with Crippen molar-refractivity contribution in [3.05, 3.63) is 71.4 Å². The number of hydrogen-bond donors (Lipinski definition) is 2. The SMILES string of the molecule is N#Cc1c(N)n[nH]c1-c1ccc2ccn(Cc3ccc(CN4CCOCC4)cc3)c2c1. The first-order valence-corrected chi connectivity index (χ1v) is 10.4. The number of nitrogens with one attached hydrogen (secondary N) is 1. The molecule has 2 aromatic heterocycles. The van der Waals surface area contributed by atoms with Gasteiger partial charge in [-0.15, -0.1) is 0 Å². The van der Waals surface area contributed by atoms with Crippen molar-refractivity contribution in [1.29, 1.82) is 5.26 Å². The number of nitriles is 1. The summed E-state index contributed by atoms with van der Waals surface area (Å²) in [5.41, 5.74) is 11.4. The molecule has 31 heavy (non-hydrogen) atoms. The summed E-state index contributed by atoms with van der Waals surface area (Å²) in [5.74, 6) is 0.227. The topological polar surface area (TPSA) is 95.9 Å². The number of benzene rings is 2.